The van der Waals surface area contributed by atoms with Crippen LogP contribution in [0, 0.1) is 0 Å². The lowest BCUT2D eigenvalue weighted by Gasteiger charge is -2.33. The fraction of sp³-hybridized carbons (Fsp3) is 0.611. The Hall–Kier alpha value is -2.19. The highest BCUT2D eigenvalue weighted by molar-refractivity contribution is 5.42. The molecule has 0 aromatic carbocycles. The van der Waals surface area contributed by atoms with Crippen LogP contribution in [-0.2, 0) is 17.7 Å². The van der Waals surface area contributed by atoms with E-state index in [1.165, 1.54) is 0 Å². The molecule has 0 N–H and O–H groups in total. The highest BCUT2D eigenvalue weighted by atomic mass is 16.5. The Kier molecular flexibility index (Phi) is 6.40. The third kappa shape index (κ3) is 4.13. The van der Waals surface area contributed by atoms with Crippen molar-refractivity contribution in [3.8, 4) is 11.5 Å². The van der Waals surface area contributed by atoms with E-state index in [2.05, 4.69) is 20.0 Å². The molecule has 1 fully saturated rings. The van der Waals surface area contributed by atoms with Crippen LogP contribution >= 0.6 is 0 Å². The van der Waals surface area contributed by atoms with Crippen molar-refractivity contribution in [3.63, 3.8) is 0 Å². The molecule has 0 radical (unpaired) electrons. The molecule has 142 valence electrons. The first-order valence-electron chi connectivity index (χ1n) is 8.88. The number of aromatic nitrogens is 3. The van der Waals surface area contributed by atoms with Crippen molar-refractivity contribution >= 4 is 0 Å². The molecule has 8 nitrogen and oxygen atoms in total. The number of ether oxygens (including phenoxy) is 3. The van der Waals surface area contributed by atoms with E-state index in [1.807, 2.05) is 0 Å². The van der Waals surface area contributed by atoms with Gasteiger partial charge in [-0.05, 0) is 19.4 Å². The molecule has 8 heteroatoms. The third-order valence-corrected chi connectivity index (χ3v) is 4.63. The van der Waals surface area contributed by atoms with Crippen LogP contribution in [0.3, 0.4) is 0 Å². The van der Waals surface area contributed by atoms with E-state index in [-0.39, 0.29) is 6.04 Å². The van der Waals surface area contributed by atoms with E-state index in [0.717, 1.165) is 31.5 Å². The van der Waals surface area contributed by atoms with Crippen LogP contribution in [0.4, 0.5) is 0 Å². The standard InChI is InChI=1S/C18H26N4O4/c1-23-11-8-16-20-18(26-21-16)14-6-4-5-10-22(14)12-13-17(25-3)15(24-2)7-9-19-13/h7,9,14H,4-6,8,10-12H2,1-3H3. The van der Waals surface area contributed by atoms with Crippen molar-refractivity contribution < 1.29 is 18.7 Å². The van der Waals surface area contributed by atoms with Gasteiger partial charge in [0.05, 0.1) is 26.9 Å². The first-order chi connectivity index (χ1) is 12.8. The molecule has 0 aliphatic carbocycles. The average Bonchev–Trinajstić information content (AvgIpc) is 3.15. The van der Waals surface area contributed by atoms with Crippen molar-refractivity contribution in [2.24, 2.45) is 0 Å². The normalized spacial score (nSPS) is 18.0. The van der Waals surface area contributed by atoms with Gasteiger partial charge in [-0.1, -0.05) is 11.6 Å². The minimum absolute atomic E-state index is 0.0882. The highest BCUT2D eigenvalue weighted by Gasteiger charge is 2.30. The van der Waals surface area contributed by atoms with Gasteiger partial charge in [0.25, 0.3) is 0 Å². The molecule has 2 aromatic heterocycles. The van der Waals surface area contributed by atoms with Crippen LogP contribution in [0.2, 0.25) is 0 Å². The Morgan fingerprint density at radius 2 is 2.12 bits per heavy atom. The number of piperidine rings is 1. The molecule has 1 unspecified atom stereocenters. The summed E-state index contributed by atoms with van der Waals surface area (Å²) in [5.41, 5.74) is 0.845. The summed E-state index contributed by atoms with van der Waals surface area (Å²) in [6.07, 6.45) is 5.65. The SMILES string of the molecule is COCCc1noc(C2CCCCN2Cc2nccc(OC)c2OC)n1. The number of rotatable bonds is 8. The Bertz CT molecular complexity index is 706. The maximum absolute atomic E-state index is 5.54. The van der Waals surface area contributed by atoms with Gasteiger partial charge in [0.15, 0.2) is 17.3 Å². The minimum Gasteiger partial charge on any atom is -0.493 e. The molecule has 2 aromatic rings. The number of hydrogen-bond donors (Lipinski definition) is 0. The molecule has 1 saturated heterocycles. The second-order valence-electron chi connectivity index (χ2n) is 6.27. The summed E-state index contributed by atoms with van der Waals surface area (Å²) in [6, 6.07) is 1.89. The number of hydrogen-bond acceptors (Lipinski definition) is 8. The average molecular weight is 362 g/mol. The zero-order chi connectivity index (χ0) is 18.4. The lowest BCUT2D eigenvalue weighted by atomic mass is 10.0. The van der Waals surface area contributed by atoms with E-state index < -0.39 is 0 Å². The van der Waals surface area contributed by atoms with E-state index in [9.17, 15) is 0 Å². The molecule has 0 amide bonds. The van der Waals surface area contributed by atoms with E-state index in [1.54, 1.807) is 33.6 Å². The lowest BCUT2D eigenvalue weighted by Crippen LogP contribution is -2.33. The predicted octanol–water partition coefficient (Wildman–Crippen LogP) is 2.40. The van der Waals surface area contributed by atoms with Crippen LogP contribution in [0.5, 0.6) is 11.5 Å². The van der Waals surface area contributed by atoms with Gasteiger partial charge >= 0.3 is 0 Å². The zero-order valence-electron chi connectivity index (χ0n) is 15.6. The van der Waals surface area contributed by atoms with Crippen molar-refractivity contribution in [2.45, 2.75) is 38.3 Å². The molecule has 3 heterocycles. The third-order valence-electron chi connectivity index (χ3n) is 4.63. The largest absolute Gasteiger partial charge is 0.493 e. The highest BCUT2D eigenvalue weighted by Crippen LogP contribution is 2.35. The van der Waals surface area contributed by atoms with Crippen molar-refractivity contribution in [1.29, 1.82) is 0 Å². The molecular weight excluding hydrogens is 336 g/mol. The Morgan fingerprint density at radius 3 is 2.88 bits per heavy atom. The fourth-order valence-electron chi connectivity index (χ4n) is 3.31. The summed E-state index contributed by atoms with van der Waals surface area (Å²) < 4.78 is 21.5. The fourth-order valence-corrected chi connectivity index (χ4v) is 3.31. The summed E-state index contributed by atoms with van der Waals surface area (Å²) in [5.74, 6) is 2.71. The summed E-state index contributed by atoms with van der Waals surface area (Å²) in [6.45, 7) is 2.17. The molecule has 26 heavy (non-hydrogen) atoms. The van der Waals surface area contributed by atoms with E-state index in [4.69, 9.17) is 18.7 Å². The molecule has 3 rings (SSSR count). The number of nitrogens with zero attached hydrogens (tertiary/aromatic N) is 4. The maximum atomic E-state index is 5.54. The van der Waals surface area contributed by atoms with Crippen molar-refractivity contribution in [1.82, 2.24) is 20.0 Å². The Labute approximate surface area is 153 Å². The van der Waals surface area contributed by atoms with Gasteiger partial charge in [-0.15, -0.1) is 0 Å². The van der Waals surface area contributed by atoms with Gasteiger partial charge in [0.1, 0.15) is 5.69 Å². The molecule has 1 aliphatic heterocycles. The number of methoxy groups -OCH3 is 3. The summed E-state index contributed by atoms with van der Waals surface area (Å²) in [7, 11) is 4.93. The summed E-state index contributed by atoms with van der Waals surface area (Å²) >= 11 is 0. The first-order valence-corrected chi connectivity index (χ1v) is 8.88. The zero-order valence-corrected chi connectivity index (χ0v) is 15.6. The summed E-state index contributed by atoms with van der Waals surface area (Å²) in [5, 5.41) is 4.08. The lowest BCUT2D eigenvalue weighted by molar-refractivity contribution is 0.109. The second-order valence-corrected chi connectivity index (χ2v) is 6.27. The molecule has 0 bridgehead atoms. The molecule has 0 saturated carbocycles. The van der Waals surface area contributed by atoms with Gasteiger partial charge < -0.3 is 18.7 Å². The van der Waals surface area contributed by atoms with Gasteiger partial charge in [0, 0.05) is 32.3 Å². The van der Waals surface area contributed by atoms with Crippen LogP contribution in [0.1, 0.15) is 42.7 Å². The van der Waals surface area contributed by atoms with Gasteiger partial charge in [0.2, 0.25) is 5.89 Å². The second kappa shape index (κ2) is 8.95. The number of pyridine rings is 1. The monoisotopic (exact) mass is 362 g/mol. The van der Waals surface area contributed by atoms with Crippen LogP contribution in [0.25, 0.3) is 0 Å². The molecule has 0 spiro atoms. The van der Waals surface area contributed by atoms with E-state index in [0.29, 0.717) is 42.8 Å². The molecular formula is C18H26N4O4. The van der Waals surface area contributed by atoms with Crippen LogP contribution < -0.4 is 9.47 Å². The van der Waals surface area contributed by atoms with Crippen LogP contribution in [0.15, 0.2) is 16.8 Å². The Balaban J connectivity index is 1.78. The smallest absolute Gasteiger partial charge is 0.244 e. The van der Waals surface area contributed by atoms with Gasteiger partial charge in [-0.3, -0.25) is 9.88 Å². The quantitative estimate of drug-likeness (QED) is 0.708. The Morgan fingerprint density at radius 1 is 1.23 bits per heavy atom. The maximum Gasteiger partial charge on any atom is 0.244 e. The first kappa shape index (κ1) is 18.6. The molecule has 1 aliphatic rings. The van der Waals surface area contributed by atoms with E-state index >= 15 is 0 Å². The topological polar surface area (TPSA) is 82.7 Å². The number of likely N-dealkylation sites (tertiary alicyclic amines) is 1. The van der Waals surface area contributed by atoms with Gasteiger partial charge in [-0.25, -0.2) is 0 Å². The minimum atomic E-state index is 0.0882. The predicted molar refractivity (Wildman–Crippen MR) is 94.2 cm³/mol. The van der Waals surface area contributed by atoms with Crippen molar-refractivity contribution in [2.75, 3.05) is 34.5 Å². The summed E-state index contributed by atoms with van der Waals surface area (Å²) in [4.78, 5) is 11.4. The molecule has 1 atom stereocenters. The van der Waals surface area contributed by atoms with Crippen molar-refractivity contribution in [3.05, 3.63) is 29.7 Å². The van der Waals surface area contributed by atoms with Crippen LogP contribution in [-0.4, -0.2) is 54.5 Å². The van der Waals surface area contributed by atoms with Gasteiger partial charge in [-0.2, -0.15) is 4.98 Å².